The van der Waals surface area contributed by atoms with Crippen LogP contribution in [0.1, 0.15) is 48.7 Å². The van der Waals surface area contributed by atoms with E-state index in [1.165, 1.54) is 24.3 Å². The van der Waals surface area contributed by atoms with Crippen LogP contribution < -0.4 is 16.0 Å². The molecule has 1 aliphatic heterocycles. The van der Waals surface area contributed by atoms with E-state index in [1.54, 1.807) is 12.1 Å². The van der Waals surface area contributed by atoms with Crippen molar-refractivity contribution in [2.75, 3.05) is 11.9 Å². The predicted octanol–water partition coefficient (Wildman–Crippen LogP) is 3.64. The number of amides is 2. The quantitative estimate of drug-likeness (QED) is 0.738. The summed E-state index contributed by atoms with van der Waals surface area (Å²) < 4.78 is 13.0. The third kappa shape index (κ3) is 5.16. The summed E-state index contributed by atoms with van der Waals surface area (Å²) in [7, 11) is 0. The minimum atomic E-state index is -0.379. The van der Waals surface area contributed by atoms with Gasteiger partial charge in [0.2, 0.25) is 5.91 Å². The van der Waals surface area contributed by atoms with E-state index in [2.05, 4.69) is 22.9 Å². The van der Waals surface area contributed by atoms with E-state index in [1.807, 2.05) is 19.1 Å². The zero-order chi connectivity index (χ0) is 20.1. The molecule has 3 atom stereocenters. The highest BCUT2D eigenvalue weighted by molar-refractivity contribution is 6.04. The summed E-state index contributed by atoms with van der Waals surface area (Å²) in [4.78, 5) is 24.7. The fourth-order valence-corrected chi connectivity index (χ4v) is 3.44. The van der Waals surface area contributed by atoms with Crippen molar-refractivity contribution in [1.29, 1.82) is 0 Å². The summed E-state index contributed by atoms with van der Waals surface area (Å²) in [5, 5.41) is 9.23. The Hall–Kier alpha value is -2.73. The number of nitrogens with one attached hydrogen (secondary N) is 3. The van der Waals surface area contributed by atoms with Crippen LogP contribution in [-0.2, 0) is 4.79 Å². The number of carbonyl (C=O) groups is 2. The van der Waals surface area contributed by atoms with Gasteiger partial charge in [0.25, 0.3) is 5.91 Å². The second kappa shape index (κ2) is 8.97. The van der Waals surface area contributed by atoms with E-state index >= 15 is 0 Å². The van der Waals surface area contributed by atoms with Gasteiger partial charge in [-0.1, -0.05) is 12.1 Å². The fourth-order valence-electron chi connectivity index (χ4n) is 3.44. The van der Waals surface area contributed by atoms with Crippen LogP contribution in [0.25, 0.3) is 0 Å². The van der Waals surface area contributed by atoms with Gasteiger partial charge in [0.15, 0.2) is 0 Å². The molecule has 2 aromatic rings. The van der Waals surface area contributed by atoms with Gasteiger partial charge in [0, 0.05) is 23.2 Å². The highest BCUT2D eigenvalue weighted by Crippen LogP contribution is 2.20. The molecule has 0 saturated carbocycles. The van der Waals surface area contributed by atoms with E-state index in [4.69, 9.17) is 0 Å². The van der Waals surface area contributed by atoms with Crippen molar-refractivity contribution in [3.63, 3.8) is 0 Å². The maximum absolute atomic E-state index is 13.0. The van der Waals surface area contributed by atoms with E-state index in [9.17, 15) is 14.0 Å². The van der Waals surface area contributed by atoms with Gasteiger partial charge < -0.3 is 16.0 Å². The van der Waals surface area contributed by atoms with Crippen molar-refractivity contribution in [3.05, 3.63) is 65.5 Å². The van der Waals surface area contributed by atoms with Crippen LogP contribution in [0, 0.1) is 11.7 Å². The van der Waals surface area contributed by atoms with Crippen LogP contribution in [0.3, 0.4) is 0 Å². The SMILES string of the molecule is CC(NC(=O)[C@H]1CCN[C@@H](C)C1)c1ccc(NC(=O)c2ccc(F)cc2)cc1. The van der Waals surface area contributed by atoms with Crippen LogP contribution in [0.15, 0.2) is 48.5 Å². The lowest BCUT2D eigenvalue weighted by atomic mass is 9.92. The fraction of sp³-hybridized carbons (Fsp3) is 0.364. The first-order chi connectivity index (χ1) is 13.4. The van der Waals surface area contributed by atoms with Crippen molar-refractivity contribution < 1.29 is 14.0 Å². The second-order valence-corrected chi connectivity index (χ2v) is 7.39. The van der Waals surface area contributed by atoms with Gasteiger partial charge in [-0.3, -0.25) is 9.59 Å². The minimum absolute atomic E-state index is 0.0490. The predicted molar refractivity (Wildman–Crippen MR) is 108 cm³/mol. The van der Waals surface area contributed by atoms with Crippen LogP contribution in [-0.4, -0.2) is 24.4 Å². The minimum Gasteiger partial charge on any atom is -0.349 e. The molecule has 1 fully saturated rings. The first-order valence-corrected chi connectivity index (χ1v) is 9.63. The first kappa shape index (κ1) is 20.0. The van der Waals surface area contributed by atoms with E-state index in [0.29, 0.717) is 17.3 Å². The Morgan fingerprint density at radius 2 is 1.79 bits per heavy atom. The molecule has 3 rings (SSSR count). The molecule has 2 amide bonds. The van der Waals surface area contributed by atoms with Gasteiger partial charge >= 0.3 is 0 Å². The topological polar surface area (TPSA) is 70.2 Å². The second-order valence-electron chi connectivity index (χ2n) is 7.39. The number of anilines is 1. The third-order valence-electron chi connectivity index (χ3n) is 5.13. The molecule has 1 aliphatic rings. The molecular formula is C22H26FN3O2. The Bertz CT molecular complexity index is 821. The van der Waals surface area contributed by atoms with Gasteiger partial charge in [-0.15, -0.1) is 0 Å². The Kier molecular flexibility index (Phi) is 6.41. The summed E-state index contributed by atoms with van der Waals surface area (Å²) in [6.45, 7) is 4.92. The highest BCUT2D eigenvalue weighted by Gasteiger charge is 2.25. The average Bonchev–Trinajstić information content (AvgIpc) is 2.69. The van der Waals surface area contributed by atoms with Crippen LogP contribution in [0.5, 0.6) is 0 Å². The normalized spacial score (nSPS) is 20.2. The monoisotopic (exact) mass is 383 g/mol. The average molecular weight is 383 g/mol. The molecule has 0 bridgehead atoms. The van der Waals surface area contributed by atoms with Crippen LogP contribution in [0.4, 0.5) is 10.1 Å². The van der Waals surface area contributed by atoms with Crippen molar-refractivity contribution in [2.24, 2.45) is 5.92 Å². The number of hydrogen-bond donors (Lipinski definition) is 3. The lowest BCUT2D eigenvalue weighted by Crippen LogP contribution is -2.42. The molecule has 1 saturated heterocycles. The Morgan fingerprint density at radius 3 is 2.43 bits per heavy atom. The third-order valence-corrected chi connectivity index (χ3v) is 5.13. The number of benzene rings is 2. The molecule has 0 radical (unpaired) electrons. The van der Waals surface area contributed by atoms with Crippen molar-refractivity contribution >= 4 is 17.5 Å². The smallest absolute Gasteiger partial charge is 0.255 e. The number of hydrogen-bond acceptors (Lipinski definition) is 3. The van der Waals surface area contributed by atoms with Gasteiger partial charge in [0.1, 0.15) is 5.82 Å². The molecule has 1 unspecified atom stereocenters. The Labute approximate surface area is 164 Å². The Morgan fingerprint density at radius 1 is 1.11 bits per heavy atom. The molecule has 0 aromatic heterocycles. The number of rotatable bonds is 5. The zero-order valence-corrected chi connectivity index (χ0v) is 16.2. The summed E-state index contributed by atoms with van der Waals surface area (Å²) in [5.74, 6) is -0.535. The van der Waals surface area contributed by atoms with Crippen LogP contribution in [0.2, 0.25) is 0 Å². The summed E-state index contributed by atoms with van der Waals surface area (Å²) in [6, 6.07) is 13.0. The van der Waals surface area contributed by atoms with Gasteiger partial charge in [0.05, 0.1) is 6.04 Å². The molecule has 3 N–H and O–H groups in total. The van der Waals surface area contributed by atoms with Crippen molar-refractivity contribution in [1.82, 2.24) is 10.6 Å². The maximum Gasteiger partial charge on any atom is 0.255 e. The number of piperidine rings is 1. The molecule has 6 heteroatoms. The molecule has 5 nitrogen and oxygen atoms in total. The zero-order valence-electron chi connectivity index (χ0n) is 16.2. The Balaban J connectivity index is 1.56. The summed E-state index contributed by atoms with van der Waals surface area (Å²) >= 11 is 0. The molecule has 28 heavy (non-hydrogen) atoms. The summed E-state index contributed by atoms with van der Waals surface area (Å²) in [6.07, 6.45) is 1.71. The molecule has 0 spiro atoms. The molecular weight excluding hydrogens is 357 g/mol. The largest absolute Gasteiger partial charge is 0.349 e. The van der Waals surface area contributed by atoms with E-state index < -0.39 is 0 Å². The number of carbonyl (C=O) groups excluding carboxylic acids is 2. The molecule has 0 aliphatic carbocycles. The summed E-state index contributed by atoms with van der Waals surface area (Å²) in [5.41, 5.74) is 2.00. The van der Waals surface area contributed by atoms with Crippen molar-refractivity contribution in [2.45, 2.75) is 38.8 Å². The first-order valence-electron chi connectivity index (χ1n) is 9.63. The molecule has 1 heterocycles. The number of halogens is 1. The van der Waals surface area contributed by atoms with Gasteiger partial charge in [-0.25, -0.2) is 4.39 Å². The lowest BCUT2D eigenvalue weighted by Gasteiger charge is -2.28. The highest BCUT2D eigenvalue weighted by atomic mass is 19.1. The van der Waals surface area contributed by atoms with E-state index in [-0.39, 0.29) is 29.6 Å². The molecule has 148 valence electrons. The van der Waals surface area contributed by atoms with Gasteiger partial charge in [-0.05, 0) is 75.2 Å². The lowest BCUT2D eigenvalue weighted by molar-refractivity contribution is -0.126. The standard InChI is InChI=1S/C22H26FN3O2/c1-14-13-18(11-12-24-14)22(28)25-15(2)16-5-9-20(10-6-16)26-21(27)17-3-7-19(23)8-4-17/h3-10,14-15,18,24H,11-13H2,1-2H3,(H,25,28)(H,26,27)/t14-,15?,18-/m0/s1. The van der Waals surface area contributed by atoms with Crippen LogP contribution >= 0.6 is 0 Å². The van der Waals surface area contributed by atoms with E-state index in [0.717, 1.165) is 24.9 Å². The van der Waals surface area contributed by atoms with Crippen molar-refractivity contribution in [3.8, 4) is 0 Å². The van der Waals surface area contributed by atoms with Gasteiger partial charge in [-0.2, -0.15) is 0 Å². The molecule has 2 aromatic carbocycles. The maximum atomic E-state index is 13.0.